The lowest BCUT2D eigenvalue weighted by Gasteiger charge is -2.08. The Morgan fingerprint density at radius 2 is 2.40 bits per heavy atom. The van der Waals surface area contributed by atoms with Crippen molar-refractivity contribution in [3.05, 3.63) is 36.2 Å². The molecule has 1 rings (SSSR count). The zero-order valence-electron chi connectivity index (χ0n) is 8.91. The molecule has 0 saturated carbocycles. The normalized spacial score (nSPS) is 9.47. The van der Waals surface area contributed by atoms with Gasteiger partial charge in [-0.1, -0.05) is 6.58 Å². The molecular formula is C11H14N2O2. The smallest absolute Gasteiger partial charge is 0.243 e. The quantitative estimate of drug-likeness (QED) is 0.753. The van der Waals surface area contributed by atoms with Gasteiger partial charge < -0.3 is 10.1 Å². The summed E-state index contributed by atoms with van der Waals surface area (Å²) in [6.45, 7) is 5.60. The van der Waals surface area contributed by atoms with E-state index in [9.17, 15) is 4.79 Å². The van der Waals surface area contributed by atoms with Crippen molar-refractivity contribution in [2.75, 3.05) is 7.11 Å². The summed E-state index contributed by atoms with van der Waals surface area (Å²) < 4.78 is 5.13. The molecule has 0 atom stereocenters. The van der Waals surface area contributed by atoms with Gasteiger partial charge in [-0.25, -0.2) is 0 Å². The van der Waals surface area contributed by atoms with Crippen LogP contribution < -0.4 is 10.1 Å². The molecule has 0 unspecified atom stereocenters. The van der Waals surface area contributed by atoms with E-state index < -0.39 is 0 Å². The zero-order chi connectivity index (χ0) is 11.3. The van der Waals surface area contributed by atoms with Gasteiger partial charge in [0.25, 0.3) is 0 Å². The summed E-state index contributed by atoms with van der Waals surface area (Å²) in [6.07, 6.45) is 1.22. The van der Waals surface area contributed by atoms with Crippen molar-refractivity contribution in [3.8, 4) is 5.75 Å². The van der Waals surface area contributed by atoms with Crippen molar-refractivity contribution in [2.45, 2.75) is 13.5 Å². The molecule has 1 heterocycles. The molecule has 0 aromatic carbocycles. The first-order valence-corrected chi connectivity index (χ1v) is 4.58. The molecule has 0 aliphatic heterocycles. The standard InChI is InChI=1S/C11H14N2O2/c1-4-11(14)12-7-9-10(15-3)6-5-8(2)13-9/h4-6H,1,7H2,2-3H3,(H,12,14). The second kappa shape index (κ2) is 5.14. The van der Waals surface area contributed by atoms with Crippen molar-refractivity contribution in [1.29, 1.82) is 0 Å². The molecule has 0 radical (unpaired) electrons. The zero-order valence-corrected chi connectivity index (χ0v) is 8.91. The van der Waals surface area contributed by atoms with Crippen LogP contribution in [0.2, 0.25) is 0 Å². The lowest BCUT2D eigenvalue weighted by atomic mass is 10.3. The number of nitrogens with one attached hydrogen (secondary N) is 1. The van der Waals surface area contributed by atoms with Crippen molar-refractivity contribution >= 4 is 5.91 Å². The molecule has 4 heteroatoms. The maximum absolute atomic E-state index is 11.0. The van der Waals surface area contributed by atoms with Crippen molar-refractivity contribution < 1.29 is 9.53 Å². The summed E-state index contributed by atoms with van der Waals surface area (Å²) in [7, 11) is 1.57. The van der Waals surface area contributed by atoms with Crippen LogP contribution in [0.4, 0.5) is 0 Å². The van der Waals surface area contributed by atoms with E-state index in [1.54, 1.807) is 7.11 Å². The van der Waals surface area contributed by atoms with Gasteiger partial charge in [0.1, 0.15) is 11.4 Å². The fraction of sp³-hybridized carbons (Fsp3) is 0.273. The van der Waals surface area contributed by atoms with Crippen molar-refractivity contribution in [1.82, 2.24) is 10.3 Å². The summed E-state index contributed by atoms with van der Waals surface area (Å²) >= 11 is 0. The van der Waals surface area contributed by atoms with E-state index in [4.69, 9.17) is 4.74 Å². The Balaban J connectivity index is 2.78. The van der Waals surface area contributed by atoms with Crippen LogP contribution in [0.3, 0.4) is 0 Å². The molecular weight excluding hydrogens is 192 g/mol. The van der Waals surface area contributed by atoms with Crippen LogP contribution in [0.5, 0.6) is 5.75 Å². The molecule has 0 aliphatic carbocycles. The summed E-state index contributed by atoms with van der Waals surface area (Å²) in [5.41, 5.74) is 1.60. The minimum Gasteiger partial charge on any atom is -0.495 e. The Kier molecular flexibility index (Phi) is 3.85. The van der Waals surface area contributed by atoms with E-state index in [0.717, 1.165) is 5.69 Å². The third kappa shape index (κ3) is 3.09. The number of rotatable bonds is 4. The second-order valence-electron chi connectivity index (χ2n) is 3.02. The van der Waals surface area contributed by atoms with E-state index in [-0.39, 0.29) is 5.91 Å². The molecule has 1 aromatic rings. The van der Waals surface area contributed by atoms with Gasteiger partial charge in [0, 0.05) is 5.69 Å². The monoisotopic (exact) mass is 206 g/mol. The van der Waals surface area contributed by atoms with Crippen molar-refractivity contribution in [3.63, 3.8) is 0 Å². The predicted octanol–water partition coefficient (Wildman–Crippen LogP) is 1.20. The number of nitrogens with zero attached hydrogens (tertiary/aromatic N) is 1. The first kappa shape index (κ1) is 11.2. The number of aryl methyl sites for hydroxylation is 1. The Morgan fingerprint density at radius 3 is 3.00 bits per heavy atom. The van der Waals surface area contributed by atoms with E-state index in [2.05, 4.69) is 16.9 Å². The highest BCUT2D eigenvalue weighted by Crippen LogP contribution is 2.15. The van der Waals surface area contributed by atoms with E-state index >= 15 is 0 Å². The Bertz CT molecular complexity index is 375. The third-order valence-electron chi connectivity index (χ3n) is 1.91. The van der Waals surface area contributed by atoms with Crippen LogP contribution in [-0.4, -0.2) is 18.0 Å². The summed E-state index contributed by atoms with van der Waals surface area (Å²) in [4.78, 5) is 15.2. The predicted molar refractivity (Wildman–Crippen MR) is 57.6 cm³/mol. The number of pyridine rings is 1. The van der Waals surface area contributed by atoms with Gasteiger partial charge in [-0.05, 0) is 25.1 Å². The van der Waals surface area contributed by atoms with Gasteiger partial charge in [0.05, 0.1) is 13.7 Å². The fourth-order valence-electron chi connectivity index (χ4n) is 1.15. The van der Waals surface area contributed by atoms with Crippen molar-refractivity contribution in [2.24, 2.45) is 0 Å². The van der Waals surface area contributed by atoms with Crippen LogP contribution >= 0.6 is 0 Å². The van der Waals surface area contributed by atoms with Gasteiger partial charge in [-0.2, -0.15) is 0 Å². The fourth-order valence-corrected chi connectivity index (χ4v) is 1.15. The number of carbonyl (C=O) groups is 1. The Labute approximate surface area is 89.0 Å². The first-order valence-electron chi connectivity index (χ1n) is 4.58. The summed E-state index contributed by atoms with van der Waals surface area (Å²) in [5.74, 6) is 0.449. The van der Waals surface area contributed by atoms with Crippen LogP contribution in [-0.2, 0) is 11.3 Å². The molecule has 0 saturated heterocycles. The van der Waals surface area contributed by atoms with Crippen LogP contribution in [0.25, 0.3) is 0 Å². The van der Waals surface area contributed by atoms with E-state index in [0.29, 0.717) is 18.0 Å². The van der Waals surface area contributed by atoms with E-state index in [1.807, 2.05) is 19.1 Å². The first-order chi connectivity index (χ1) is 7.17. The Morgan fingerprint density at radius 1 is 1.67 bits per heavy atom. The molecule has 4 nitrogen and oxygen atoms in total. The molecule has 0 aliphatic rings. The number of hydrogen-bond donors (Lipinski definition) is 1. The summed E-state index contributed by atoms with van der Waals surface area (Å²) in [6, 6.07) is 3.69. The van der Waals surface area contributed by atoms with Gasteiger partial charge in [-0.15, -0.1) is 0 Å². The Hall–Kier alpha value is -1.84. The number of aromatic nitrogens is 1. The maximum atomic E-state index is 11.0. The van der Waals surface area contributed by atoms with Gasteiger partial charge >= 0.3 is 0 Å². The van der Waals surface area contributed by atoms with Crippen LogP contribution in [0.1, 0.15) is 11.4 Å². The number of hydrogen-bond acceptors (Lipinski definition) is 3. The largest absolute Gasteiger partial charge is 0.495 e. The lowest BCUT2D eigenvalue weighted by molar-refractivity contribution is -0.116. The minimum atomic E-state index is -0.222. The second-order valence-corrected chi connectivity index (χ2v) is 3.02. The summed E-state index contributed by atoms with van der Waals surface area (Å²) in [5, 5.41) is 2.65. The average molecular weight is 206 g/mol. The topological polar surface area (TPSA) is 51.2 Å². The van der Waals surface area contributed by atoms with Crippen LogP contribution in [0, 0.1) is 6.92 Å². The minimum absolute atomic E-state index is 0.222. The number of amides is 1. The number of methoxy groups -OCH3 is 1. The molecule has 80 valence electrons. The number of ether oxygens (including phenoxy) is 1. The molecule has 0 bridgehead atoms. The molecule has 15 heavy (non-hydrogen) atoms. The van der Waals surface area contributed by atoms with Gasteiger partial charge in [-0.3, -0.25) is 9.78 Å². The highest BCUT2D eigenvalue weighted by Gasteiger charge is 2.05. The molecule has 0 spiro atoms. The number of carbonyl (C=O) groups excluding carboxylic acids is 1. The molecule has 1 amide bonds. The SMILES string of the molecule is C=CC(=O)NCc1nc(C)ccc1OC. The van der Waals surface area contributed by atoms with Gasteiger partial charge in [0.2, 0.25) is 5.91 Å². The molecule has 1 N–H and O–H groups in total. The molecule has 1 aromatic heterocycles. The highest BCUT2D eigenvalue weighted by molar-refractivity contribution is 5.86. The van der Waals surface area contributed by atoms with E-state index in [1.165, 1.54) is 6.08 Å². The molecule has 0 fully saturated rings. The van der Waals surface area contributed by atoms with Crippen LogP contribution in [0.15, 0.2) is 24.8 Å². The lowest BCUT2D eigenvalue weighted by Crippen LogP contribution is -2.21. The average Bonchev–Trinajstić information content (AvgIpc) is 2.26. The van der Waals surface area contributed by atoms with Gasteiger partial charge in [0.15, 0.2) is 0 Å². The maximum Gasteiger partial charge on any atom is 0.243 e. The highest BCUT2D eigenvalue weighted by atomic mass is 16.5. The third-order valence-corrected chi connectivity index (χ3v) is 1.91.